The van der Waals surface area contributed by atoms with Gasteiger partial charge in [0, 0.05) is 0 Å². The maximum absolute atomic E-state index is 9.87. The third-order valence-corrected chi connectivity index (χ3v) is 0.400. The van der Waals surface area contributed by atoms with Gasteiger partial charge in [-0.1, -0.05) is 0 Å². The smallest absolute Gasteiger partial charge is 1.00 e. The normalized spacial score (nSPS) is 7.12. The van der Waals surface area contributed by atoms with Crippen molar-refractivity contribution >= 4 is 60.6 Å². The Morgan fingerprint density at radius 3 is 2.00 bits per heavy atom. The van der Waals surface area contributed by atoms with Crippen LogP contribution in [0.3, 0.4) is 0 Å². The van der Waals surface area contributed by atoms with Crippen LogP contribution in [0.2, 0.25) is 0 Å². The van der Waals surface area contributed by atoms with E-state index in [0.29, 0.717) is 0 Å². The van der Waals surface area contributed by atoms with Crippen LogP contribution in [0.25, 0.3) is 0 Å². The molecule has 0 bridgehead atoms. The van der Waals surface area contributed by atoms with E-state index in [4.69, 9.17) is 5.11 Å². The summed E-state index contributed by atoms with van der Waals surface area (Å²) in [6.45, 7) is 1.24. The van der Waals surface area contributed by atoms with Crippen LogP contribution < -0.4 is 0 Å². The Bertz CT molecular complexity index is 94.7. The summed E-state index contributed by atoms with van der Waals surface area (Å²) in [7, 11) is 0. The Morgan fingerprint density at radius 1 is 1.62 bits per heavy atom. The summed E-state index contributed by atoms with van der Waals surface area (Å²) in [5, 5.41) is 7.86. The van der Waals surface area contributed by atoms with Crippen LogP contribution in [0.5, 0.6) is 0 Å². The number of Topliss-reactive ketones (excluding diaryl/α,β-unsaturated/α-hetero) is 1. The first-order valence-corrected chi connectivity index (χ1v) is 1.84. The summed E-state index contributed by atoms with van der Waals surface area (Å²) >= 11 is 0. The van der Waals surface area contributed by atoms with Gasteiger partial charge in [0.15, 0.2) is 0 Å². The summed E-state index contributed by atoms with van der Waals surface area (Å²) < 4.78 is 0. The molecule has 0 rings (SSSR count). The van der Waals surface area contributed by atoms with Crippen molar-refractivity contribution in [3.8, 4) is 0 Å². The molecule has 3 nitrogen and oxygen atoms in total. The van der Waals surface area contributed by atoms with E-state index in [2.05, 4.69) is 0 Å². The topological polar surface area (TPSA) is 54.4 Å². The van der Waals surface area contributed by atoms with E-state index in [1.807, 2.05) is 0 Å². The van der Waals surface area contributed by atoms with Gasteiger partial charge >= 0.3 is 54.9 Å². The minimum atomic E-state index is -1.06. The van der Waals surface area contributed by atoms with Crippen molar-refractivity contribution in [1.29, 1.82) is 0 Å². The molecule has 0 fully saturated rings. The number of carboxylic acids is 1. The molecule has 0 aliphatic rings. The number of ketones is 1. The van der Waals surface area contributed by atoms with E-state index in [1.165, 1.54) is 6.92 Å². The zero-order chi connectivity index (χ0) is 5.86. The number of rotatable bonds is 2. The fourth-order valence-electron chi connectivity index (χ4n) is 0.213. The van der Waals surface area contributed by atoms with Crippen molar-refractivity contribution in [2.75, 3.05) is 0 Å². The average molecular weight is 241 g/mol. The van der Waals surface area contributed by atoms with Gasteiger partial charge in [0.25, 0.3) is 0 Å². The molecule has 0 atom stereocenters. The second-order valence-electron chi connectivity index (χ2n) is 1.27. The summed E-state index contributed by atoms with van der Waals surface area (Å²) in [4.78, 5) is 19.5. The predicted octanol–water partition coefficient (Wildman–Crippen LogP) is -0.106. The van der Waals surface area contributed by atoms with Crippen molar-refractivity contribution in [2.24, 2.45) is 0 Å². The van der Waals surface area contributed by atoms with Gasteiger partial charge in [-0.15, -0.1) is 0 Å². The van der Waals surface area contributed by atoms with Crippen LogP contribution in [-0.2, 0) is 9.59 Å². The molecule has 4 heteroatoms. The molecule has 0 spiro atoms. The monoisotopic (exact) mass is 242 g/mol. The van der Waals surface area contributed by atoms with E-state index < -0.39 is 5.97 Å². The quantitative estimate of drug-likeness (QED) is 0.542. The van der Waals surface area contributed by atoms with Crippen LogP contribution in [0.4, 0.5) is 0 Å². The third-order valence-electron chi connectivity index (χ3n) is 0.400. The first-order chi connectivity index (χ1) is 3.13. The fourth-order valence-corrected chi connectivity index (χ4v) is 0.213. The van der Waals surface area contributed by atoms with Gasteiger partial charge in [-0.05, 0) is 6.92 Å². The number of hydrogen-bond acceptors (Lipinski definition) is 2. The van der Waals surface area contributed by atoms with Gasteiger partial charge in [0.2, 0.25) is 0 Å². The van der Waals surface area contributed by atoms with Crippen LogP contribution in [-0.4, -0.2) is 65.7 Å². The Morgan fingerprint density at radius 2 is 2.00 bits per heavy atom. The average Bonchev–Trinajstić information content (AvgIpc) is 1.27. The Hall–Kier alpha value is 0.711. The summed E-state index contributed by atoms with van der Waals surface area (Å²) in [5.74, 6) is -1.37. The molecule has 0 saturated heterocycles. The molecule has 0 radical (unpaired) electrons. The molecule has 0 aliphatic heterocycles. The van der Waals surface area contributed by atoms with Gasteiger partial charge in [0.1, 0.15) is 12.2 Å². The van der Waals surface area contributed by atoms with Crippen LogP contribution in [0.15, 0.2) is 0 Å². The van der Waals surface area contributed by atoms with Crippen LogP contribution in [0, 0.1) is 0 Å². The molecule has 0 unspecified atom stereocenters. The molecule has 0 aromatic rings. The number of carboxylic acid groups (broad SMARTS) is 1. The number of aliphatic carboxylic acids is 1. The maximum Gasteiger partial charge on any atom is 2.00 e. The van der Waals surface area contributed by atoms with Crippen molar-refractivity contribution in [2.45, 2.75) is 13.3 Å². The van der Waals surface area contributed by atoms with Gasteiger partial charge < -0.3 is 7.96 Å². The SMILES string of the molecule is CC(=O)CC(=O)O.[Ba+2].[H-].[H-]. The van der Waals surface area contributed by atoms with Crippen molar-refractivity contribution in [1.82, 2.24) is 0 Å². The van der Waals surface area contributed by atoms with E-state index in [-0.39, 0.29) is 63.9 Å². The molecular formula is C4H8BaO3. The maximum atomic E-state index is 9.87. The molecule has 0 aliphatic carbocycles. The fraction of sp³-hybridized carbons (Fsp3) is 0.500. The Labute approximate surface area is 90.5 Å². The zero-order valence-corrected chi connectivity index (χ0v) is 9.12. The minimum Gasteiger partial charge on any atom is -1.00 e. The largest absolute Gasteiger partial charge is 2.00 e. The van der Waals surface area contributed by atoms with Crippen molar-refractivity contribution < 1.29 is 17.5 Å². The van der Waals surface area contributed by atoms with E-state index >= 15 is 0 Å². The first kappa shape index (κ1) is 11.5. The number of hydrogen-bond donors (Lipinski definition) is 1. The predicted molar refractivity (Wildman–Crippen MR) is 30.9 cm³/mol. The van der Waals surface area contributed by atoms with Gasteiger partial charge in [0.05, 0.1) is 0 Å². The summed E-state index contributed by atoms with van der Waals surface area (Å²) in [6, 6.07) is 0. The molecule has 44 valence electrons. The van der Waals surface area contributed by atoms with Crippen LogP contribution in [0.1, 0.15) is 16.2 Å². The zero-order valence-electron chi connectivity index (χ0n) is 6.68. The van der Waals surface area contributed by atoms with E-state index in [9.17, 15) is 9.59 Å². The molecular weight excluding hydrogens is 233 g/mol. The summed E-state index contributed by atoms with van der Waals surface area (Å²) in [5.41, 5.74) is 0. The molecule has 8 heavy (non-hydrogen) atoms. The molecule has 0 saturated carbocycles. The number of carbonyl (C=O) groups excluding carboxylic acids is 1. The third kappa shape index (κ3) is 9.86. The second-order valence-corrected chi connectivity index (χ2v) is 1.27. The van der Waals surface area contributed by atoms with Gasteiger partial charge in [-0.2, -0.15) is 0 Å². The standard InChI is InChI=1S/C4H6O3.Ba.2H/c1-3(5)2-4(6)7;;;/h2H2,1H3,(H,6,7);;;/q;+2;2*-1. The van der Waals surface area contributed by atoms with Gasteiger partial charge in [-0.25, -0.2) is 0 Å². The van der Waals surface area contributed by atoms with E-state index in [1.54, 1.807) is 0 Å². The molecule has 1 N–H and O–H groups in total. The Balaban J connectivity index is -0.0000000600. The van der Waals surface area contributed by atoms with Crippen molar-refractivity contribution in [3.63, 3.8) is 0 Å². The van der Waals surface area contributed by atoms with E-state index in [0.717, 1.165) is 0 Å². The first-order valence-electron chi connectivity index (χ1n) is 1.84. The Kier molecular flexibility index (Phi) is 8.40. The van der Waals surface area contributed by atoms with Crippen LogP contribution >= 0.6 is 0 Å². The second kappa shape index (κ2) is 5.84. The van der Waals surface area contributed by atoms with Gasteiger partial charge in [-0.3, -0.25) is 9.59 Å². The molecule has 0 amide bonds. The minimum absolute atomic E-state index is 0. The molecule has 0 aromatic heterocycles. The molecule has 0 aromatic carbocycles. The van der Waals surface area contributed by atoms with Crippen molar-refractivity contribution in [3.05, 3.63) is 0 Å². The number of carbonyl (C=O) groups is 2. The summed E-state index contributed by atoms with van der Waals surface area (Å²) in [6.07, 6.45) is -0.361. The molecule has 0 heterocycles.